The summed E-state index contributed by atoms with van der Waals surface area (Å²) in [4.78, 5) is 13.3. The van der Waals surface area contributed by atoms with Crippen molar-refractivity contribution in [1.82, 2.24) is 4.90 Å². The zero-order valence-electron chi connectivity index (χ0n) is 9.32. The van der Waals surface area contributed by atoms with Gasteiger partial charge in [0.05, 0.1) is 0 Å². The van der Waals surface area contributed by atoms with Gasteiger partial charge in [-0.2, -0.15) is 0 Å². The fourth-order valence-corrected chi connectivity index (χ4v) is 3.21. The van der Waals surface area contributed by atoms with Gasteiger partial charge in [-0.1, -0.05) is 12.8 Å². The number of likely N-dealkylation sites (tertiary alicyclic amines) is 1. The Kier molecular flexibility index (Phi) is 3.62. The quantitative estimate of drug-likeness (QED) is 0.777. The average molecular weight is 211 g/mol. The van der Waals surface area contributed by atoms with E-state index in [4.69, 9.17) is 5.11 Å². The van der Waals surface area contributed by atoms with Crippen molar-refractivity contribution in [3.8, 4) is 0 Å². The molecule has 1 saturated heterocycles. The summed E-state index contributed by atoms with van der Waals surface area (Å²) in [5.41, 5.74) is 0. The standard InChI is InChI=1S/C12H21NO2/c14-12(15)9-10-5-4-6-11(10)13-7-2-1-3-8-13/h10-11H,1-9H2,(H,14,15). The minimum absolute atomic E-state index is 0.376. The molecule has 1 aliphatic heterocycles. The number of hydrogen-bond acceptors (Lipinski definition) is 2. The Labute approximate surface area is 91.5 Å². The molecule has 2 unspecified atom stereocenters. The Hall–Kier alpha value is -0.570. The van der Waals surface area contributed by atoms with Crippen LogP contribution in [-0.4, -0.2) is 35.1 Å². The van der Waals surface area contributed by atoms with Gasteiger partial charge < -0.3 is 10.0 Å². The van der Waals surface area contributed by atoms with E-state index in [2.05, 4.69) is 4.90 Å². The van der Waals surface area contributed by atoms with Crippen molar-refractivity contribution in [2.24, 2.45) is 5.92 Å². The molecular weight excluding hydrogens is 190 g/mol. The number of aliphatic carboxylic acids is 1. The van der Waals surface area contributed by atoms with Crippen LogP contribution in [0.4, 0.5) is 0 Å². The fourth-order valence-electron chi connectivity index (χ4n) is 3.21. The van der Waals surface area contributed by atoms with E-state index in [0.717, 1.165) is 6.42 Å². The summed E-state index contributed by atoms with van der Waals surface area (Å²) in [5, 5.41) is 8.87. The highest BCUT2D eigenvalue weighted by Crippen LogP contribution is 2.33. The molecule has 1 aliphatic carbocycles. The number of hydrogen-bond donors (Lipinski definition) is 1. The molecule has 86 valence electrons. The summed E-state index contributed by atoms with van der Waals surface area (Å²) in [6, 6.07) is 0.571. The van der Waals surface area contributed by atoms with Crippen LogP contribution in [0.3, 0.4) is 0 Å². The molecule has 2 rings (SSSR count). The van der Waals surface area contributed by atoms with E-state index < -0.39 is 5.97 Å². The molecule has 2 atom stereocenters. The monoisotopic (exact) mass is 211 g/mol. The minimum Gasteiger partial charge on any atom is -0.481 e. The Morgan fingerprint density at radius 2 is 1.87 bits per heavy atom. The molecule has 2 aliphatic rings. The van der Waals surface area contributed by atoms with Gasteiger partial charge in [-0.25, -0.2) is 0 Å². The van der Waals surface area contributed by atoms with Crippen molar-refractivity contribution in [3.05, 3.63) is 0 Å². The highest BCUT2D eigenvalue weighted by molar-refractivity contribution is 5.67. The zero-order chi connectivity index (χ0) is 10.7. The van der Waals surface area contributed by atoms with Gasteiger partial charge in [-0.3, -0.25) is 4.79 Å². The largest absolute Gasteiger partial charge is 0.481 e. The number of rotatable bonds is 3. The maximum absolute atomic E-state index is 10.8. The third kappa shape index (κ3) is 2.71. The van der Waals surface area contributed by atoms with Crippen molar-refractivity contribution < 1.29 is 9.90 Å². The summed E-state index contributed by atoms with van der Waals surface area (Å²) in [5.74, 6) is -0.204. The Balaban J connectivity index is 1.91. The zero-order valence-corrected chi connectivity index (χ0v) is 9.32. The van der Waals surface area contributed by atoms with Gasteiger partial charge in [0.2, 0.25) is 0 Å². The maximum atomic E-state index is 10.8. The number of nitrogens with zero attached hydrogens (tertiary/aromatic N) is 1. The molecule has 1 heterocycles. The van der Waals surface area contributed by atoms with Crippen LogP contribution in [0.15, 0.2) is 0 Å². The molecule has 0 spiro atoms. The molecule has 0 aromatic heterocycles. The first kappa shape index (κ1) is 10.9. The maximum Gasteiger partial charge on any atom is 0.303 e. The van der Waals surface area contributed by atoms with E-state index >= 15 is 0 Å². The number of carbonyl (C=O) groups is 1. The molecule has 0 bridgehead atoms. The van der Waals surface area contributed by atoms with Crippen LogP contribution in [0.2, 0.25) is 0 Å². The average Bonchev–Trinajstić information content (AvgIpc) is 2.66. The molecule has 3 heteroatoms. The van der Waals surface area contributed by atoms with Gasteiger partial charge >= 0.3 is 5.97 Å². The number of carboxylic acids is 1. The van der Waals surface area contributed by atoms with Crippen molar-refractivity contribution in [2.45, 2.75) is 51.0 Å². The first-order valence-corrected chi connectivity index (χ1v) is 6.23. The lowest BCUT2D eigenvalue weighted by atomic mass is 9.96. The van der Waals surface area contributed by atoms with E-state index in [1.165, 1.54) is 45.2 Å². The van der Waals surface area contributed by atoms with Crippen LogP contribution in [0.5, 0.6) is 0 Å². The van der Waals surface area contributed by atoms with E-state index in [9.17, 15) is 4.79 Å². The second kappa shape index (κ2) is 4.97. The van der Waals surface area contributed by atoms with Crippen LogP contribution in [0.1, 0.15) is 44.9 Å². The van der Waals surface area contributed by atoms with Gasteiger partial charge in [0, 0.05) is 12.5 Å². The van der Waals surface area contributed by atoms with Gasteiger partial charge in [0.15, 0.2) is 0 Å². The Bertz CT molecular complexity index is 224. The highest BCUT2D eigenvalue weighted by Gasteiger charge is 2.33. The first-order valence-electron chi connectivity index (χ1n) is 6.23. The molecule has 0 aromatic carbocycles. The molecule has 1 saturated carbocycles. The summed E-state index contributed by atoms with van der Waals surface area (Å²) < 4.78 is 0. The van der Waals surface area contributed by atoms with Crippen molar-refractivity contribution in [3.63, 3.8) is 0 Å². The summed E-state index contributed by atoms with van der Waals surface area (Å²) in [6.45, 7) is 2.39. The predicted octanol–water partition coefficient (Wildman–Crippen LogP) is 2.12. The third-order valence-electron chi connectivity index (χ3n) is 3.92. The lowest BCUT2D eigenvalue weighted by molar-refractivity contribution is -0.138. The summed E-state index contributed by atoms with van der Waals surface area (Å²) >= 11 is 0. The van der Waals surface area contributed by atoms with Gasteiger partial charge in [0.25, 0.3) is 0 Å². The van der Waals surface area contributed by atoms with Crippen molar-refractivity contribution in [1.29, 1.82) is 0 Å². The lowest BCUT2D eigenvalue weighted by Crippen LogP contribution is -2.41. The van der Waals surface area contributed by atoms with Gasteiger partial charge in [-0.15, -0.1) is 0 Å². The van der Waals surface area contributed by atoms with Crippen LogP contribution in [-0.2, 0) is 4.79 Å². The molecule has 3 nitrogen and oxygen atoms in total. The van der Waals surface area contributed by atoms with Crippen LogP contribution in [0.25, 0.3) is 0 Å². The van der Waals surface area contributed by atoms with Crippen LogP contribution >= 0.6 is 0 Å². The normalized spacial score (nSPS) is 33.1. The van der Waals surface area contributed by atoms with Crippen molar-refractivity contribution in [2.75, 3.05) is 13.1 Å². The smallest absolute Gasteiger partial charge is 0.303 e. The highest BCUT2D eigenvalue weighted by atomic mass is 16.4. The first-order chi connectivity index (χ1) is 7.27. The number of piperidine rings is 1. The Morgan fingerprint density at radius 1 is 1.13 bits per heavy atom. The van der Waals surface area contributed by atoms with Gasteiger partial charge in [-0.05, 0) is 44.7 Å². The van der Waals surface area contributed by atoms with E-state index in [1.54, 1.807) is 0 Å². The summed E-state index contributed by atoms with van der Waals surface area (Å²) in [6.07, 6.45) is 7.89. The second-order valence-electron chi connectivity index (χ2n) is 4.95. The second-order valence-corrected chi connectivity index (χ2v) is 4.95. The predicted molar refractivity (Wildman–Crippen MR) is 58.8 cm³/mol. The van der Waals surface area contributed by atoms with Crippen LogP contribution in [0, 0.1) is 5.92 Å². The molecule has 0 aromatic rings. The van der Waals surface area contributed by atoms with Crippen LogP contribution < -0.4 is 0 Å². The Morgan fingerprint density at radius 3 is 2.53 bits per heavy atom. The van der Waals surface area contributed by atoms with Crippen molar-refractivity contribution >= 4 is 5.97 Å². The minimum atomic E-state index is -0.621. The molecule has 0 radical (unpaired) electrons. The van der Waals surface area contributed by atoms with Gasteiger partial charge in [0.1, 0.15) is 0 Å². The third-order valence-corrected chi connectivity index (χ3v) is 3.92. The molecular formula is C12H21NO2. The van der Waals surface area contributed by atoms with E-state index in [0.29, 0.717) is 18.4 Å². The van der Waals surface area contributed by atoms with E-state index in [-0.39, 0.29) is 0 Å². The SMILES string of the molecule is O=C(O)CC1CCCC1N1CCCCC1. The lowest BCUT2D eigenvalue weighted by Gasteiger charge is -2.35. The fraction of sp³-hybridized carbons (Fsp3) is 0.917. The molecule has 15 heavy (non-hydrogen) atoms. The molecule has 2 fully saturated rings. The number of carboxylic acid groups (broad SMARTS) is 1. The molecule has 1 N–H and O–H groups in total. The summed E-state index contributed by atoms with van der Waals surface area (Å²) in [7, 11) is 0. The molecule has 0 amide bonds. The topological polar surface area (TPSA) is 40.5 Å². The van der Waals surface area contributed by atoms with E-state index in [1.807, 2.05) is 0 Å².